The molecule has 2 bridgehead atoms. The molecular weight excluding hydrogens is 218 g/mol. The highest BCUT2D eigenvalue weighted by molar-refractivity contribution is 7.12. The Hall–Kier alpha value is -0.670. The fourth-order valence-electron chi connectivity index (χ4n) is 3.32. The minimum Gasteiger partial charge on any atom is -0.325 e. The monoisotopic (exact) mass is 236 g/mol. The zero-order valence-electron chi connectivity index (χ0n) is 9.69. The van der Waals surface area contributed by atoms with Crippen LogP contribution in [0.15, 0.2) is 17.5 Å². The van der Waals surface area contributed by atoms with Crippen LogP contribution in [0.25, 0.3) is 0 Å². The first kappa shape index (κ1) is 10.5. The standard InChI is InChI=1S/C13H18NOS/c1-14-6-4-10(5-7-14)11(9-14)13(15)12-3-2-8-16-12/h2-3,8,10-11H,4-7,9H2,1H3/q+1/t10?,11-,14?/m1/s1. The average Bonchev–Trinajstić information content (AvgIpc) is 2.81. The lowest BCUT2D eigenvalue weighted by Crippen LogP contribution is -2.60. The maximum atomic E-state index is 12.4. The molecule has 3 fully saturated rings. The zero-order valence-corrected chi connectivity index (χ0v) is 10.5. The lowest BCUT2D eigenvalue weighted by Gasteiger charge is -2.50. The van der Waals surface area contributed by atoms with Gasteiger partial charge in [-0.05, 0) is 17.4 Å². The Labute approximate surface area is 100 Å². The summed E-state index contributed by atoms with van der Waals surface area (Å²) in [7, 11) is 2.31. The molecule has 0 radical (unpaired) electrons. The normalized spacial score (nSPS) is 37.6. The molecule has 0 unspecified atom stereocenters. The molecule has 0 N–H and O–H groups in total. The highest BCUT2D eigenvalue weighted by atomic mass is 32.1. The Balaban J connectivity index is 1.83. The Morgan fingerprint density at radius 3 is 2.75 bits per heavy atom. The summed E-state index contributed by atoms with van der Waals surface area (Å²) in [6.45, 7) is 3.62. The smallest absolute Gasteiger partial charge is 0.181 e. The second-order valence-corrected chi connectivity index (χ2v) is 6.48. The molecule has 0 saturated carbocycles. The van der Waals surface area contributed by atoms with E-state index in [9.17, 15) is 4.79 Å². The number of Topliss-reactive ketones (excluding diaryl/α,β-unsaturated/α-hetero) is 1. The average molecular weight is 236 g/mol. The van der Waals surface area contributed by atoms with Crippen LogP contribution >= 0.6 is 11.3 Å². The van der Waals surface area contributed by atoms with Gasteiger partial charge in [-0.25, -0.2) is 0 Å². The molecule has 1 aromatic heterocycles. The van der Waals surface area contributed by atoms with Crippen molar-refractivity contribution < 1.29 is 9.28 Å². The van der Waals surface area contributed by atoms with Crippen LogP contribution in [-0.2, 0) is 0 Å². The number of carbonyl (C=O) groups is 1. The van der Waals surface area contributed by atoms with E-state index in [2.05, 4.69) is 7.05 Å². The molecule has 1 aromatic rings. The summed E-state index contributed by atoms with van der Waals surface area (Å²) in [5.74, 6) is 1.37. The van der Waals surface area contributed by atoms with Crippen LogP contribution in [0.4, 0.5) is 0 Å². The van der Waals surface area contributed by atoms with E-state index in [1.165, 1.54) is 25.9 Å². The quantitative estimate of drug-likeness (QED) is 0.569. The maximum absolute atomic E-state index is 12.4. The topological polar surface area (TPSA) is 17.1 Å². The summed E-state index contributed by atoms with van der Waals surface area (Å²) >= 11 is 1.59. The van der Waals surface area contributed by atoms with Gasteiger partial charge in [-0.2, -0.15) is 0 Å². The minimum atomic E-state index is 0.297. The molecule has 4 rings (SSSR count). The fourth-order valence-corrected chi connectivity index (χ4v) is 4.05. The number of carbonyl (C=O) groups excluding carboxylic acids is 1. The van der Waals surface area contributed by atoms with Crippen LogP contribution < -0.4 is 0 Å². The van der Waals surface area contributed by atoms with Crippen LogP contribution in [0, 0.1) is 11.8 Å². The maximum Gasteiger partial charge on any atom is 0.181 e. The molecule has 4 heterocycles. The van der Waals surface area contributed by atoms with Crippen LogP contribution in [0.1, 0.15) is 22.5 Å². The second-order valence-electron chi connectivity index (χ2n) is 5.53. The predicted octanol–water partition coefficient (Wildman–Crippen LogP) is 2.42. The molecule has 1 atom stereocenters. The molecule has 16 heavy (non-hydrogen) atoms. The van der Waals surface area contributed by atoms with Crippen LogP contribution in [0.5, 0.6) is 0 Å². The fraction of sp³-hybridized carbons (Fsp3) is 0.615. The molecule has 0 aliphatic carbocycles. The summed E-state index contributed by atoms with van der Waals surface area (Å²) in [6.07, 6.45) is 2.50. The van der Waals surface area contributed by atoms with Crippen molar-refractivity contribution in [2.75, 3.05) is 26.7 Å². The van der Waals surface area contributed by atoms with Crippen molar-refractivity contribution in [2.24, 2.45) is 11.8 Å². The van der Waals surface area contributed by atoms with Gasteiger partial charge in [0.15, 0.2) is 5.78 Å². The Bertz CT molecular complexity index is 390. The van der Waals surface area contributed by atoms with Crippen LogP contribution in [0.2, 0.25) is 0 Å². The number of ketones is 1. The van der Waals surface area contributed by atoms with Crippen molar-refractivity contribution in [3.63, 3.8) is 0 Å². The molecule has 0 amide bonds. The first-order valence-electron chi connectivity index (χ1n) is 6.09. The molecule has 2 nitrogen and oxygen atoms in total. The zero-order chi connectivity index (χ0) is 11.2. The second kappa shape index (κ2) is 3.67. The third kappa shape index (κ3) is 1.62. The highest BCUT2D eigenvalue weighted by Gasteiger charge is 2.46. The van der Waals surface area contributed by atoms with Crippen molar-refractivity contribution >= 4 is 17.1 Å². The van der Waals surface area contributed by atoms with Gasteiger partial charge < -0.3 is 4.48 Å². The summed E-state index contributed by atoms with van der Waals surface area (Å²) < 4.78 is 1.12. The van der Waals surface area contributed by atoms with Crippen molar-refractivity contribution in [2.45, 2.75) is 12.8 Å². The lowest BCUT2D eigenvalue weighted by atomic mass is 9.75. The Morgan fingerprint density at radius 2 is 2.19 bits per heavy atom. The van der Waals surface area contributed by atoms with Crippen LogP contribution in [-0.4, -0.2) is 36.9 Å². The largest absolute Gasteiger partial charge is 0.325 e. The predicted molar refractivity (Wildman–Crippen MR) is 65.6 cm³/mol. The van der Waals surface area contributed by atoms with E-state index in [0.717, 1.165) is 15.9 Å². The molecular formula is C13H18NOS+. The van der Waals surface area contributed by atoms with Crippen molar-refractivity contribution in [3.05, 3.63) is 22.4 Å². The third-order valence-corrected chi connectivity index (χ3v) is 5.27. The highest BCUT2D eigenvalue weighted by Crippen LogP contribution is 2.38. The Morgan fingerprint density at radius 1 is 1.44 bits per heavy atom. The number of quaternary nitrogens is 1. The summed E-state index contributed by atoms with van der Waals surface area (Å²) in [5, 5.41) is 2.00. The van der Waals surface area contributed by atoms with Gasteiger partial charge in [0.1, 0.15) is 0 Å². The number of nitrogens with zero attached hydrogens (tertiary/aromatic N) is 1. The van der Waals surface area contributed by atoms with Crippen molar-refractivity contribution in [3.8, 4) is 0 Å². The number of hydrogen-bond donors (Lipinski definition) is 0. The van der Waals surface area contributed by atoms with E-state index < -0.39 is 0 Å². The van der Waals surface area contributed by atoms with Gasteiger partial charge in [-0.3, -0.25) is 4.79 Å². The Kier molecular flexibility index (Phi) is 2.41. The molecule has 3 heteroatoms. The molecule has 3 aliphatic rings. The minimum absolute atomic E-state index is 0.297. The number of rotatable bonds is 2. The molecule has 0 spiro atoms. The van der Waals surface area contributed by atoms with Gasteiger partial charge in [-0.15, -0.1) is 11.3 Å². The van der Waals surface area contributed by atoms with Crippen molar-refractivity contribution in [1.29, 1.82) is 0 Å². The van der Waals surface area contributed by atoms with E-state index in [-0.39, 0.29) is 0 Å². The van der Waals surface area contributed by atoms with E-state index in [4.69, 9.17) is 0 Å². The summed E-state index contributed by atoms with van der Waals surface area (Å²) in [4.78, 5) is 13.4. The van der Waals surface area contributed by atoms with E-state index in [0.29, 0.717) is 17.6 Å². The molecule has 3 aliphatic heterocycles. The first-order chi connectivity index (χ1) is 7.68. The van der Waals surface area contributed by atoms with E-state index >= 15 is 0 Å². The lowest BCUT2D eigenvalue weighted by molar-refractivity contribution is -0.927. The van der Waals surface area contributed by atoms with Gasteiger partial charge in [0.2, 0.25) is 0 Å². The number of hydrogen-bond acceptors (Lipinski definition) is 2. The molecule has 86 valence electrons. The van der Waals surface area contributed by atoms with Crippen molar-refractivity contribution in [1.82, 2.24) is 0 Å². The van der Waals surface area contributed by atoms with Gasteiger partial charge in [-0.1, -0.05) is 6.07 Å². The number of piperidine rings is 3. The molecule has 3 saturated heterocycles. The van der Waals surface area contributed by atoms with Gasteiger partial charge in [0.25, 0.3) is 0 Å². The van der Waals surface area contributed by atoms with Gasteiger partial charge in [0, 0.05) is 12.8 Å². The summed E-state index contributed by atoms with van der Waals surface area (Å²) in [6, 6.07) is 3.96. The number of fused-ring (bicyclic) bond motifs is 3. The summed E-state index contributed by atoms with van der Waals surface area (Å²) in [5.41, 5.74) is 0. The van der Waals surface area contributed by atoms with E-state index in [1.54, 1.807) is 11.3 Å². The van der Waals surface area contributed by atoms with Crippen LogP contribution in [0.3, 0.4) is 0 Å². The molecule has 0 aromatic carbocycles. The SMILES string of the molecule is C[N+]12CCC(CC1)[C@H](C(=O)c1cccs1)C2. The number of thiophene rings is 1. The van der Waals surface area contributed by atoms with Gasteiger partial charge >= 0.3 is 0 Å². The third-order valence-electron chi connectivity index (χ3n) is 4.39. The van der Waals surface area contributed by atoms with Gasteiger partial charge in [0.05, 0.1) is 37.5 Å². The first-order valence-corrected chi connectivity index (χ1v) is 6.97. The van der Waals surface area contributed by atoms with E-state index in [1.807, 2.05) is 17.5 Å².